The van der Waals surface area contributed by atoms with Crippen molar-refractivity contribution < 1.29 is 12.8 Å². The summed E-state index contributed by atoms with van der Waals surface area (Å²) < 4.78 is 40.3. The zero-order chi connectivity index (χ0) is 20.0. The summed E-state index contributed by atoms with van der Waals surface area (Å²) in [4.78, 5) is 4.45. The van der Waals surface area contributed by atoms with Gasteiger partial charge in [-0.1, -0.05) is 30.3 Å². The Morgan fingerprint density at radius 2 is 1.68 bits per heavy atom. The van der Waals surface area contributed by atoms with Gasteiger partial charge in [0.25, 0.3) is 0 Å². The third kappa shape index (κ3) is 4.88. The van der Waals surface area contributed by atoms with E-state index in [1.54, 1.807) is 49.5 Å². The van der Waals surface area contributed by atoms with E-state index in [1.165, 1.54) is 10.4 Å². The van der Waals surface area contributed by atoms with Gasteiger partial charge in [-0.05, 0) is 36.6 Å². The fraction of sp³-hybridized carbons (Fsp3) is 0.350. The van der Waals surface area contributed by atoms with Crippen molar-refractivity contribution >= 4 is 16.0 Å². The van der Waals surface area contributed by atoms with Gasteiger partial charge in [0.1, 0.15) is 5.82 Å². The van der Waals surface area contributed by atoms with Crippen LogP contribution in [0.5, 0.6) is 0 Å². The van der Waals surface area contributed by atoms with E-state index in [0.717, 1.165) is 18.4 Å². The third-order valence-corrected chi connectivity index (χ3v) is 6.63. The Kier molecular flexibility index (Phi) is 6.64. The van der Waals surface area contributed by atoms with E-state index in [-0.39, 0.29) is 5.82 Å². The maximum atomic E-state index is 13.7. The van der Waals surface area contributed by atoms with Crippen LogP contribution in [0, 0.1) is 5.82 Å². The molecule has 0 atom stereocenters. The number of sulfonamides is 1. The molecule has 28 heavy (non-hydrogen) atoms. The number of benzene rings is 2. The average Bonchev–Trinajstić information content (AvgIpc) is 3.25. The first kappa shape index (κ1) is 20.3. The number of hydrogen-bond acceptors (Lipinski definition) is 3. The first-order valence-corrected chi connectivity index (χ1v) is 10.7. The van der Waals surface area contributed by atoms with Crippen molar-refractivity contribution in [2.45, 2.75) is 30.8 Å². The Hall–Kier alpha value is -2.45. The van der Waals surface area contributed by atoms with Crippen molar-refractivity contribution in [2.75, 3.05) is 20.1 Å². The lowest BCUT2D eigenvalue weighted by atomic mass is 10.2. The van der Waals surface area contributed by atoms with Crippen LogP contribution in [0.2, 0.25) is 0 Å². The SMILES string of the molecule is CN=C(NCc1ccc(S(=O)(=O)N2CCCC2)cc1)NCc1ccccc1F. The molecule has 0 bridgehead atoms. The molecule has 0 unspecified atom stereocenters. The largest absolute Gasteiger partial charge is 0.352 e. The van der Waals surface area contributed by atoms with Crippen LogP contribution in [-0.4, -0.2) is 38.8 Å². The highest BCUT2D eigenvalue weighted by molar-refractivity contribution is 7.89. The predicted octanol–water partition coefficient (Wildman–Crippen LogP) is 2.48. The molecule has 0 spiro atoms. The molecular weight excluding hydrogens is 379 g/mol. The smallest absolute Gasteiger partial charge is 0.243 e. The molecule has 2 N–H and O–H groups in total. The van der Waals surface area contributed by atoms with E-state index in [1.807, 2.05) is 0 Å². The highest BCUT2D eigenvalue weighted by atomic mass is 32.2. The van der Waals surface area contributed by atoms with Crippen LogP contribution < -0.4 is 10.6 Å². The molecule has 3 rings (SSSR count). The number of halogens is 1. The first-order valence-electron chi connectivity index (χ1n) is 9.28. The van der Waals surface area contributed by atoms with E-state index in [4.69, 9.17) is 0 Å². The molecule has 1 fully saturated rings. The molecule has 1 saturated heterocycles. The van der Waals surface area contributed by atoms with Crippen LogP contribution in [0.15, 0.2) is 58.4 Å². The van der Waals surface area contributed by atoms with Crippen LogP contribution in [0.25, 0.3) is 0 Å². The number of guanidine groups is 1. The van der Waals surface area contributed by atoms with E-state index in [0.29, 0.717) is 42.6 Å². The van der Waals surface area contributed by atoms with Gasteiger partial charge in [0.15, 0.2) is 5.96 Å². The van der Waals surface area contributed by atoms with E-state index in [9.17, 15) is 12.8 Å². The molecule has 0 aromatic heterocycles. The van der Waals surface area contributed by atoms with Crippen LogP contribution >= 0.6 is 0 Å². The summed E-state index contributed by atoms with van der Waals surface area (Å²) in [5.41, 5.74) is 1.48. The van der Waals surface area contributed by atoms with Crippen molar-refractivity contribution in [1.82, 2.24) is 14.9 Å². The van der Waals surface area contributed by atoms with Gasteiger partial charge in [-0.25, -0.2) is 12.8 Å². The topological polar surface area (TPSA) is 73.8 Å². The quantitative estimate of drug-likeness (QED) is 0.573. The number of rotatable bonds is 6. The Labute approximate surface area is 165 Å². The molecule has 0 amide bonds. The van der Waals surface area contributed by atoms with Gasteiger partial charge in [-0.15, -0.1) is 0 Å². The summed E-state index contributed by atoms with van der Waals surface area (Å²) in [7, 11) is -1.75. The lowest BCUT2D eigenvalue weighted by Gasteiger charge is -2.16. The third-order valence-electron chi connectivity index (χ3n) is 4.71. The molecule has 0 aliphatic carbocycles. The van der Waals surface area contributed by atoms with Gasteiger partial charge in [0, 0.05) is 38.8 Å². The molecule has 150 valence electrons. The molecule has 2 aromatic rings. The second kappa shape index (κ2) is 9.16. The van der Waals surface area contributed by atoms with Crippen LogP contribution in [-0.2, 0) is 23.1 Å². The van der Waals surface area contributed by atoms with Crippen molar-refractivity contribution in [3.63, 3.8) is 0 Å². The maximum Gasteiger partial charge on any atom is 0.243 e. The Balaban J connectivity index is 1.55. The summed E-state index contributed by atoms with van der Waals surface area (Å²) in [5.74, 6) is 0.275. The summed E-state index contributed by atoms with van der Waals surface area (Å²) in [6, 6.07) is 13.4. The Bertz CT molecular complexity index is 923. The molecule has 6 nitrogen and oxygen atoms in total. The standard InChI is InChI=1S/C20H25FN4O2S/c1-22-20(24-15-17-6-2-3-7-19(17)21)23-14-16-8-10-18(11-9-16)28(26,27)25-12-4-5-13-25/h2-3,6-11H,4-5,12-15H2,1H3,(H2,22,23,24). The van der Waals surface area contributed by atoms with Gasteiger partial charge in [-0.3, -0.25) is 4.99 Å². The minimum Gasteiger partial charge on any atom is -0.352 e. The molecule has 0 radical (unpaired) electrons. The van der Waals surface area contributed by atoms with Crippen molar-refractivity contribution in [3.8, 4) is 0 Å². The molecule has 8 heteroatoms. The second-order valence-electron chi connectivity index (χ2n) is 6.63. The fourth-order valence-corrected chi connectivity index (χ4v) is 4.60. The van der Waals surface area contributed by atoms with Gasteiger partial charge in [0.2, 0.25) is 10.0 Å². The first-order chi connectivity index (χ1) is 13.5. The molecule has 2 aromatic carbocycles. The summed E-state index contributed by atoms with van der Waals surface area (Å²) in [5, 5.41) is 6.21. The zero-order valence-electron chi connectivity index (χ0n) is 15.9. The van der Waals surface area contributed by atoms with Gasteiger partial charge >= 0.3 is 0 Å². The van der Waals surface area contributed by atoms with Crippen LogP contribution in [0.4, 0.5) is 4.39 Å². The van der Waals surface area contributed by atoms with Crippen molar-refractivity contribution in [3.05, 3.63) is 65.5 Å². The Morgan fingerprint density at radius 3 is 2.32 bits per heavy atom. The highest BCUT2D eigenvalue weighted by Gasteiger charge is 2.26. The fourth-order valence-electron chi connectivity index (χ4n) is 3.08. The van der Waals surface area contributed by atoms with Crippen molar-refractivity contribution in [2.24, 2.45) is 4.99 Å². The zero-order valence-corrected chi connectivity index (χ0v) is 16.7. The lowest BCUT2D eigenvalue weighted by Crippen LogP contribution is -2.36. The molecule has 1 aliphatic heterocycles. The molecule has 1 aliphatic rings. The minimum atomic E-state index is -3.39. The van der Waals surface area contributed by atoms with Gasteiger partial charge < -0.3 is 10.6 Å². The van der Waals surface area contributed by atoms with Crippen molar-refractivity contribution in [1.29, 1.82) is 0 Å². The number of nitrogens with zero attached hydrogens (tertiary/aromatic N) is 2. The summed E-state index contributed by atoms with van der Waals surface area (Å²) >= 11 is 0. The van der Waals surface area contributed by atoms with Crippen LogP contribution in [0.3, 0.4) is 0 Å². The average molecular weight is 405 g/mol. The van der Waals surface area contributed by atoms with Crippen LogP contribution in [0.1, 0.15) is 24.0 Å². The molecular formula is C20H25FN4O2S. The molecule has 1 heterocycles. The monoisotopic (exact) mass is 404 g/mol. The Morgan fingerprint density at radius 1 is 1.04 bits per heavy atom. The number of hydrogen-bond donors (Lipinski definition) is 2. The highest BCUT2D eigenvalue weighted by Crippen LogP contribution is 2.21. The number of aliphatic imine (C=N–C) groups is 1. The van der Waals surface area contributed by atoms with Gasteiger partial charge in [-0.2, -0.15) is 4.31 Å². The molecule has 0 saturated carbocycles. The summed E-state index contributed by atoms with van der Waals surface area (Å²) in [6.07, 6.45) is 1.83. The summed E-state index contributed by atoms with van der Waals surface area (Å²) in [6.45, 7) is 1.98. The maximum absolute atomic E-state index is 13.7. The predicted molar refractivity (Wildman–Crippen MR) is 108 cm³/mol. The normalized spacial score (nSPS) is 15.6. The second-order valence-corrected chi connectivity index (χ2v) is 8.56. The lowest BCUT2D eigenvalue weighted by molar-refractivity contribution is 0.477. The number of nitrogens with one attached hydrogen (secondary N) is 2. The van der Waals surface area contributed by atoms with Gasteiger partial charge in [0.05, 0.1) is 4.90 Å². The van der Waals surface area contributed by atoms with E-state index >= 15 is 0 Å². The van der Waals surface area contributed by atoms with E-state index < -0.39 is 10.0 Å². The minimum absolute atomic E-state index is 0.264. The van der Waals surface area contributed by atoms with E-state index in [2.05, 4.69) is 15.6 Å².